The predicted molar refractivity (Wildman–Crippen MR) is 51.3 cm³/mol. The fraction of sp³-hybridized carbons (Fsp3) is 0.667. The maximum atomic E-state index is 11.6. The van der Waals surface area contributed by atoms with Crippen LogP contribution in [0.4, 0.5) is 0 Å². The van der Waals surface area contributed by atoms with Gasteiger partial charge in [-0.15, -0.1) is 0 Å². The normalized spacial score (nSPS) is 11.8. The second kappa shape index (κ2) is 2.94. The molecule has 0 atom stereocenters. The fourth-order valence-electron chi connectivity index (χ4n) is 1.33. The first kappa shape index (κ1) is 9.89. The minimum atomic E-state index is -0.194. The maximum Gasteiger partial charge on any atom is 0.273 e. The molecule has 1 aromatic heterocycles. The zero-order valence-electron chi connectivity index (χ0n) is 8.76. The Morgan fingerprint density at radius 1 is 1.38 bits per heavy atom. The molecule has 0 saturated heterocycles. The van der Waals surface area contributed by atoms with Gasteiger partial charge in [0.15, 0.2) is 0 Å². The summed E-state index contributed by atoms with van der Waals surface area (Å²) in [6, 6.07) is 0. The standard InChI is InChI=1S/C9H16N2O2/c1-9(2,3)6-7(13-5)10-11(4)8(6)12/h10H,1-5H3. The lowest BCUT2D eigenvalue weighted by Crippen LogP contribution is -2.24. The van der Waals surface area contributed by atoms with E-state index in [1.807, 2.05) is 20.8 Å². The minimum absolute atomic E-state index is 0.0237. The summed E-state index contributed by atoms with van der Waals surface area (Å²) in [5.41, 5.74) is 0.474. The van der Waals surface area contributed by atoms with Crippen molar-refractivity contribution in [2.75, 3.05) is 7.11 Å². The van der Waals surface area contributed by atoms with Crippen molar-refractivity contribution in [3.8, 4) is 5.88 Å². The summed E-state index contributed by atoms with van der Waals surface area (Å²) in [5, 5.41) is 2.85. The van der Waals surface area contributed by atoms with Crippen molar-refractivity contribution >= 4 is 0 Å². The Bertz CT molecular complexity index is 355. The lowest BCUT2D eigenvalue weighted by Gasteiger charge is -2.16. The average Bonchev–Trinajstić information content (AvgIpc) is 2.26. The van der Waals surface area contributed by atoms with Crippen molar-refractivity contribution in [1.82, 2.24) is 9.78 Å². The Morgan fingerprint density at radius 3 is 2.23 bits per heavy atom. The highest BCUT2D eigenvalue weighted by Crippen LogP contribution is 2.25. The number of nitrogens with zero attached hydrogens (tertiary/aromatic N) is 1. The van der Waals surface area contributed by atoms with E-state index in [2.05, 4.69) is 5.10 Å². The summed E-state index contributed by atoms with van der Waals surface area (Å²) in [4.78, 5) is 11.6. The van der Waals surface area contributed by atoms with Crippen molar-refractivity contribution in [3.63, 3.8) is 0 Å². The topological polar surface area (TPSA) is 47.0 Å². The second-order valence-corrected chi connectivity index (χ2v) is 4.13. The minimum Gasteiger partial charge on any atom is -0.481 e. The van der Waals surface area contributed by atoms with Crippen LogP contribution in [0.5, 0.6) is 5.88 Å². The first-order valence-corrected chi connectivity index (χ1v) is 4.21. The molecule has 0 unspecified atom stereocenters. The van der Waals surface area contributed by atoms with Gasteiger partial charge in [-0.2, -0.15) is 0 Å². The van der Waals surface area contributed by atoms with Crippen LogP contribution in [0, 0.1) is 0 Å². The molecule has 4 heteroatoms. The SMILES string of the molecule is COc1[nH]n(C)c(=O)c1C(C)(C)C. The number of aryl methyl sites for hydroxylation is 1. The highest BCUT2D eigenvalue weighted by atomic mass is 16.5. The van der Waals surface area contributed by atoms with E-state index in [1.165, 1.54) is 4.68 Å². The molecule has 0 amide bonds. The molecule has 0 fully saturated rings. The van der Waals surface area contributed by atoms with E-state index in [9.17, 15) is 4.79 Å². The Hall–Kier alpha value is -1.19. The third-order valence-electron chi connectivity index (χ3n) is 1.97. The van der Waals surface area contributed by atoms with Gasteiger partial charge < -0.3 is 4.74 Å². The lowest BCUT2D eigenvalue weighted by atomic mass is 9.89. The molecular formula is C9H16N2O2. The zero-order chi connectivity index (χ0) is 10.2. The number of aromatic amines is 1. The molecule has 1 rings (SSSR count). The largest absolute Gasteiger partial charge is 0.481 e. The van der Waals surface area contributed by atoms with Gasteiger partial charge in [-0.05, 0) is 5.41 Å². The van der Waals surface area contributed by atoms with Crippen molar-refractivity contribution in [2.45, 2.75) is 26.2 Å². The molecule has 0 aliphatic carbocycles. The second-order valence-electron chi connectivity index (χ2n) is 4.13. The number of hydrogen-bond donors (Lipinski definition) is 1. The molecule has 0 saturated carbocycles. The summed E-state index contributed by atoms with van der Waals surface area (Å²) in [6.45, 7) is 5.96. The Kier molecular flexibility index (Phi) is 2.24. The predicted octanol–water partition coefficient (Wildman–Crippen LogP) is 1.02. The van der Waals surface area contributed by atoms with Gasteiger partial charge in [0, 0.05) is 7.05 Å². The van der Waals surface area contributed by atoms with Crippen LogP contribution < -0.4 is 10.3 Å². The molecule has 0 aromatic carbocycles. The van der Waals surface area contributed by atoms with Gasteiger partial charge in [-0.1, -0.05) is 20.8 Å². The van der Waals surface area contributed by atoms with E-state index in [0.717, 1.165) is 0 Å². The van der Waals surface area contributed by atoms with Crippen LogP contribution in [0.3, 0.4) is 0 Å². The number of aromatic nitrogens is 2. The summed E-state index contributed by atoms with van der Waals surface area (Å²) in [6.07, 6.45) is 0. The highest BCUT2D eigenvalue weighted by Gasteiger charge is 2.25. The third kappa shape index (κ3) is 1.61. The highest BCUT2D eigenvalue weighted by molar-refractivity contribution is 5.30. The van der Waals surface area contributed by atoms with Gasteiger partial charge in [-0.25, -0.2) is 0 Å². The monoisotopic (exact) mass is 184 g/mol. The first-order valence-electron chi connectivity index (χ1n) is 4.21. The molecule has 1 aromatic rings. The molecule has 13 heavy (non-hydrogen) atoms. The molecule has 0 radical (unpaired) electrons. The molecule has 4 nitrogen and oxygen atoms in total. The van der Waals surface area contributed by atoms with Crippen LogP contribution in [0.1, 0.15) is 26.3 Å². The third-order valence-corrected chi connectivity index (χ3v) is 1.97. The van der Waals surface area contributed by atoms with E-state index < -0.39 is 0 Å². The number of rotatable bonds is 1. The quantitative estimate of drug-likeness (QED) is 0.708. The van der Waals surface area contributed by atoms with Crippen LogP contribution in [0.2, 0.25) is 0 Å². The molecule has 0 spiro atoms. The number of ether oxygens (including phenoxy) is 1. The smallest absolute Gasteiger partial charge is 0.273 e. The van der Waals surface area contributed by atoms with Crippen molar-refractivity contribution in [1.29, 1.82) is 0 Å². The van der Waals surface area contributed by atoms with Gasteiger partial charge in [-0.3, -0.25) is 14.6 Å². The van der Waals surface area contributed by atoms with Gasteiger partial charge in [0.05, 0.1) is 12.7 Å². The summed E-state index contributed by atoms with van der Waals surface area (Å²) < 4.78 is 6.53. The van der Waals surface area contributed by atoms with Crippen molar-refractivity contribution in [3.05, 3.63) is 15.9 Å². The Balaban J connectivity index is 3.42. The van der Waals surface area contributed by atoms with Gasteiger partial charge in [0.2, 0.25) is 5.88 Å². The molecular weight excluding hydrogens is 168 g/mol. The van der Waals surface area contributed by atoms with Crippen LogP contribution >= 0.6 is 0 Å². The summed E-state index contributed by atoms with van der Waals surface area (Å²) >= 11 is 0. The van der Waals surface area contributed by atoms with Gasteiger partial charge in [0.25, 0.3) is 5.56 Å². The van der Waals surface area contributed by atoms with Crippen molar-refractivity contribution < 1.29 is 4.74 Å². The number of H-pyrrole nitrogens is 1. The molecule has 1 heterocycles. The van der Waals surface area contributed by atoms with E-state index in [0.29, 0.717) is 11.4 Å². The summed E-state index contributed by atoms with van der Waals surface area (Å²) in [7, 11) is 3.24. The van der Waals surface area contributed by atoms with Crippen LogP contribution in [0.25, 0.3) is 0 Å². The molecule has 74 valence electrons. The molecule has 0 bridgehead atoms. The molecule has 1 N–H and O–H groups in total. The first-order chi connectivity index (χ1) is 5.88. The number of hydrogen-bond acceptors (Lipinski definition) is 2. The fourth-order valence-corrected chi connectivity index (χ4v) is 1.33. The van der Waals surface area contributed by atoms with Gasteiger partial charge >= 0.3 is 0 Å². The van der Waals surface area contributed by atoms with Crippen molar-refractivity contribution in [2.24, 2.45) is 7.05 Å². The van der Waals surface area contributed by atoms with E-state index in [-0.39, 0.29) is 11.0 Å². The summed E-state index contributed by atoms with van der Waals surface area (Å²) in [5.74, 6) is 0.556. The average molecular weight is 184 g/mol. The Morgan fingerprint density at radius 2 is 1.92 bits per heavy atom. The van der Waals surface area contributed by atoms with E-state index in [1.54, 1.807) is 14.2 Å². The molecule has 0 aliphatic rings. The lowest BCUT2D eigenvalue weighted by molar-refractivity contribution is 0.379. The number of methoxy groups -OCH3 is 1. The van der Waals surface area contributed by atoms with Crippen LogP contribution in [0.15, 0.2) is 4.79 Å². The van der Waals surface area contributed by atoms with Gasteiger partial charge in [0.1, 0.15) is 0 Å². The van der Waals surface area contributed by atoms with Crippen LogP contribution in [-0.4, -0.2) is 16.9 Å². The Labute approximate surface area is 77.5 Å². The van der Waals surface area contributed by atoms with E-state index >= 15 is 0 Å². The molecule has 0 aliphatic heterocycles. The number of nitrogens with one attached hydrogen (secondary N) is 1. The zero-order valence-corrected chi connectivity index (χ0v) is 8.76. The van der Waals surface area contributed by atoms with E-state index in [4.69, 9.17) is 4.74 Å². The maximum absolute atomic E-state index is 11.6. The van der Waals surface area contributed by atoms with Crippen LogP contribution in [-0.2, 0) is 12.5 Å².